The largest absolute Gasteiger partial charge is 0.496 e. The summed E-state index contributed by atoms with van der Waals surface area (Å²) < 4.78 is 5.21. The molecule has 0 radical (unpaired) electrons. The molecule has 2 amide bonds. The number of halogens is 1. The summed E-state index contributed by atoms with van der Waals surface area (Å²) >= 11 is 6.10. The van der Waals surface area contributed by atoms with Crippen LogP contribution in [0.4, 0.5) is 5.69 Å². The molecule has 2 N–H and O–H groups in total. The highest BCUT2D eigenvalue weighted by molar-refractivity contribution is 6.34. The van der Waals surface area contributed by atoms with E-state index in [4.69, 9.17) is 16.3 Å². The van der Waals surface area contributed by atoms with E-state index < -0.39 is 0 Å². The van der Waals surface area contributed by atoms with E-state index in [0.717, 1.165) is 5.56 Å². The van der Waals surface area contributed by atoms with E-state index in [1.54, 1.807) is 18.5 Å². The third kappa shape index (κ3) is 4.43. The lowest BCUT2D eigenvalue weighted by Gasteiger charge is -2.13. The molecule has 1 heterocycles. The van der Waals surface area contributed by atoms with Gasteiger partial charge in [0.2, 0.25) is 5.91 Å². The summed E-state index contributed by atoms with van der Waals surface area (Å²) in [7, 11) is 1.44. The van der Waals surface area contributed by atoms with Crippen LogP contribution < -0.4 is 15.4 Å². The maximum atomic E-state index is 12.3. The van der Waals surface area contributed by atoms with Crippen LogP contribution in [-0.4, -0.2) is 23.9 Å². The molecule has 0 aliphatic heterocycles. The first kappa shape index (κ1) is 16.8. The summed E-state index contributed by atoms with van der Waals surface area (Å²) in [6, 6.07) is 6.63. The van der Waals surface area contributed by atoms with Crippen LogP contribution in [-0.2, 0) is 11.3 Å². The number of carbonyl (C=O) groups excluding carboxylic acids is 2. The third-order valence-electron chi connectivity index (χ3n) is 3.02. The van der Waals surface area contributed by atoms with Crippen LogP contribution in [0.2, 0.25) is 5.02 Å². The average Bonchev–Trinajstić information content (AvgIpc) is 2.54. The zero-order valence-electron chi connectivity index (χ0n) is 12.7. The highest BCUT2D eigenvalue weighted by atomic mass is 35.5. The molecular weight excluding hydrogens is 318 g/mol. The van der Waals surface area contributed by atoms with E-state index >= 15 is 0 Å². The van der Waals surface area contributed by atoms with Crippen molar-refractivity contribution < 1.29 is 14.3 Å². The Morgan fingerprint density at radius 2 is 2.13 bits per heavy atom. The molecule has 23 heavy (non-hydrogen) atoms. The molecule has 2 rings (SSSR count). The molecule has 0 spiro atoms. The Balaban J connectivity index is 2.19. The zero-order chi connectivity index (χ0) is 16.8. The summed E-state index contributed by atoms with van der Waals surface area (Å²) in [4.78, 5) is 27.5. The van der Waals surface area contributed by atoms with E-state index in [0.29, 0.717) is 18.0 Å². The van der Waals surface area contributed by atoms with Gasteiger partial charge in [-0.25, -0.2) is 0 Å². The van der Waals surface area contributed by atoms with Crippen molar-refractivity contribution in [3.05, 3.63) is 52.8 Å². The number of nitrogens with zero attached hydrogens (tertiary/aromatic N) is 1. The number of amides is 2. The lowest BCUT2D eigenvalue weighted by molar-refractivity contribution is -0.114. The van der Waals surface area contributed by atoms with Crippen LogP contribution >= 0.6 is 11.6 Å². The fraction of sp³-hybridized carbons (Fsp3) is 0.188. The van der Waals surface area contributed by atoms with Crippen molar-refractivity contribution in [3.63, 3.8) is 0 Å². The van der Waals surface area contributed by atoms with Crippen LogP contribution in [0.25, 0.3) is 0 Å². The number of hydrogen-bond acceptors (Lipinski definition) is 4. The Kier molecular flexibility index (Phi) is 5.54. The van der Waals surface area contributed by atoms with Crippen molar-refractivity contribution in [1.29, 1.82) is 0 Å². The summed E-state index contributed by atoms with van der Waals surface area (Å²) in [5.41, 5.74) is 1.55. The smallest absolute Gasteiger partial charge is 0.255 e. The first-order chi connectivity index (χ1) is 11.0. The lowest BCUT2D eigenvalue weighted by atomic mass is 10.1. The molecule has 7 heteroatoms. The van der Waals surface area contributed by atoms with Crippen LogP contribution in [0.5, 0.6) is 5.75 Å². The van der Waals surface area contributed by atoms with Gasteiger partial charge >= 0.3 is 0 Å². The van der Waals surface area contributed by atoms with Crippen LogP contribution in [0, 0.1) is 0 Å². The topological polar surface area (TPSA) is 80.3 Å². The number of nitrogens with one attached hydrogen (secondary N) is 2. The number of aromatic nitrogens is 1. The Morgan fingerprint density at radius 3 is 2.74 bits per heavy atom. The summed E-state index contributed by atoms with van der Waals surface area (Å²) in [6.07, 6.45) is 3.33. The van der Waals surface area contributed by atoms with Gasteiger partial charge in [0, 0.05) is 31.9 Å². The second-order valence-corrected chi connectivity index (χ2v) is 5.16. The molecule has 0 unspecified atom stereocenters. The fourth-order valence-corrected chi connectivity index (χ4v) is 2.18. The molecule has 0 aliphatic rings. The molecule has 0 bridgehead atoms. The van der Waals surface area contributed by atoms with E-state index in [9.17, 15) is 9.59 Å². The van der Waals surface area contributed by atoms with Gasteiger partial charge in [-0.05, 0) is 17.7 Å². The number of ether oxygens (including phenoxy) is 1. The number of carbonyl (C=O) groups is 2. The minimum Gasteiger partial charge on any atom is -0.496 e. The predicted octanol–water partition coefficient (Wildman–Crippen LogP) is 2.63. The standard InChI is InChI=1S/C16H16ClN3O3/c1-10(21)20-14-7-15(23-2)12(6-13(14)17)16(22)19-9-11-4-3-5-18-8-11/h3-8H,9H2,1-2H3,(H,19,22)(H,20,21). The molecular formula is C16H16ClN3O3. The Morgan fingerprint density at radius 1 is 1.35 bits per heavy atom. The van der Waals surface area contributed by atoms with Crippen LogP contribution in [0.15, 0.2) is 36.7 Å². The SMILES string of the molecule is COc1cc(NC(C)=O)c(Cl)cc1C(=O)NCc1cccnc1. The number of benzene rings is 1. The molecule has 0 fully saturated rings. The second kappa shape index (κ2) is 7.60. The van der Waals surface area contributed by atoms with Gasteiger partial charge in [-0.2, -0.15) is 0 Å². The van der Waals surface area contributed by atoms with Gasteiger partial charge < -0.3 is 15.4 Å². The summed E-state index contributed by atoms with van der Waals surface area (Å²) in [5, 5.41) is 5.61. The first-order valence-electron chi connectivity index (χ1n) is 6.83. The van der Waals surface area contributed by atoms with Crippen molar-refractivity contribution in [3.8, 4) is 5.75 Å². The molecule has 120 valence electrons. The average molecular weight is 334 g/mol. The molecule has 0 saturated heterocycles. The lowest BCUT2D eigenvalue weighted by Crippen LogP contribution is -2.23. The third-order valence-corrected chi connectivity index (χ3v) is 3.33. The molecule has 0 aliphatic carbocycles. The predicted molar refractivity (Wildman–Crippen MR) is 87.7 cm³/mol. The van der Waals surface area contributed by atoms with Gasteiger partial charge in [0.15, 0.2) is 0 Å². The Hall–Kier alpha value is -2.60. The molecule has 2 aromatic rings. The summed E-state index contributed by atoms with van der Waals surface area (Å²) in [5.74, 6) is -0.272. The van der Waals surface area contributed by atoms with E-state index in [1.165, 1.54) is 26.2 Å². The van der Waals surface area contributed by atoms with Gasteiger partial charge in [-0.15, -0.1) is 0 Å². The zero-order valence-corrected chi connectivity index (χ0v) is 13.5. The van der Waals surface area contributed by atoms with Gasteiger partial charge in [0.25, 0.3) is 5.91 Å². The number of anilines is 1. The normalized spacial score (nSPS) is 10.0. The molecule has 0 saturated carbocycles. The quantitative estimate of drug-likeness (QED) is 0.881. The Bertz CT molecular complexity index is 720. The van der Waals surface area contributed by atoms with Gasteiger partial charge in [0.05, 0.1) is 23.4 Å². The van der Waals surface area contributed by atoms with Crippen molar-refractivity contribution in [2.45, 2.75) is 13.5 Å². The summed E-state index contributed by atoms with van der Waals surface area (Å²) in [6.45, 7) is 1.71. The highest BCUT2D eigenvalue weighted by Crippen LogP contribution is 2.31. The minimum atomic E-state index is -0.332. The maximum absolute atomic E-state index is 12.3. The van der Waals surface area contributed by atoms with Crippen LogP contribution in [0.3, 0.4) is 0 Å². The fourth-order valence-electron chi connectivity index (χ4n) is 1.97. The second-order valence-electron chi connectivity index (χ2n) is 4.76. The van der Waals surface area contributed by atoms with E-state index in [2.05, 4.69) is 15.6 Å². The minimum absolute atomic E-state index is 0.257. The number of pyridine rings is 1. The van der Waals surface area contributed by atoms with Crippen molar-refractivity contribution in [2.75, 3.05) is 12.4 Å². The molecule has 1 aromatic carbocycles. The monoisotopic (exact) mass is 333 g/mol. The van der Waals surface area contributed by atoms with Crippen molar-refractivity contribution in [1.82, 2.24) is 10.3 Å². The molecule has 0 atom stereocenters. The number of rotatable bonds is 5. The molecule has 1 aromatic heterocycles. The maximum Gasteiger partial charge on any atom is 0.255 e. The highest BCUT2D eigenvalue weighted by Gasteiger charge is 2.16. The van der Waals surface area contributed by atoms with E-state index in [-0.39, 0.29) is 22.4 Å². The van der Waals surface area contributed by atoms with Crippen molar-refractivity contribution >= 4 is 29.1 Å². The van der Waals surface area contributed by atoms with E-state index in [1.807, 2.05) is 6.07 Å². The number of hydrogen-bond donors (Lipinski definition) is 2. The van der Waals surface area contributed by atoms with Crippen LogP contribution in [0.1, 0.15) is 22.8 Å². The van der Waals surface area contributed by atoms with Gasteiger partial charge in [-0.3, -0.25) is 14.6 Å². The first-order valence-corrected chi connectivity index (χ1v) is 7.21. The van der Waals surface area contributed by atoms with Gasteiger partial charge in [-0.1, -0.05) is 17.7 Å². The Labute approximate surface area is 138 Å². The van der Waals surface area contributed by atoms with Crippen molar-refractivity contribution in [2.24, 2.45) is 0 Å². The molecule has 6 nitrogen and oxygen atoms in total. The van der Waals surface area contributed by atoms with Gasteiger partial charge in [0.1, 0.15) is 5.75 Å². The number of methoxy groups -OCH3 is 1.